The van der Waals surface area contributed by atoms with Crippen molar-refractivity contribution in [1.82, 2.24) is 19.0 Å². The van der Waals surface area contributed by atoms with Crippen LogP contribution in [0.15, 0.2) is 47.4 Å². The fraction of sp³-hybridized carbons (Fsp3) is 0.480. The Bertz CT molecular complexity index is 1160. The Morgan fingerprint density at radius 3 is 2.62 bits per heavy atom. The summed E-state index contributed by atoms with van der Waals surface area (Å²) in [5.41, 5.74) is 2.38. The van der Waals surface area contributed by atoms with Crippen LogP contribution in [0.4, 0.5) is 4.39 Å². The van der Waals surface area contributed by atoms with E-state index < -0.39 is 0 Å². The molecule has 1 atom stereocenters. The first kappa shape index (κ1) is 20.9. The average molecular weight is 437 g/mol. The van der Waals surface area contributed by atoms with Crippen molar-refractivity contribution < 1.29 is 9.18 Å². The third-order valence-corrected chi connectivity index (χ3v) is 7.04. The molecule has 0 bridgehead atoms. The summed E-state index contributed by atoms with van der Waals surface area (Å²) in [7, 11) is 0. The SMILES string of the molecule is O=C(Cc1ccc(F)cc1)N1CC[C@@H](n2c(=O)n(CC3CCCCC3)c3cccnc32)C1. The molecule has 0 radical (unpaired) electrons. The summed E-state index contributed by atoms with van der Waals surface area (Å²) in [5, 5.41) is 0. The average Bonchev–Trinajstić information content (AvgIpc) is 3.39. The van der Waals surface area contributed by atoms with Gasteiger partial charge in [0, 0.05) is 25.8 Å². The molecule has 3 heterocycles. The summed E-state index contributed by atoms with van der Waals surface area (Å²) in [6, 6.07) is 9.84. The van der Waals surface area contributed by atoms with Crippen molar-refractivity contribution in [2.75, 3.05) is 13.1 Å². The lowest BCUT2D eigenvalue weighted by Crippen LogP contribution is -2.33. The van der Waals surface area contributed by atoms with E-state index in [4.69, 9.17) is 0 Å². The van der Waals surface area contributed by atoms with E-state index in [9.17, 15) is 14.0 Å². The first-order valence-corrected chi connectivity index (χ1v) is 11.7. The van der Waals surface area contributed by atoms with Gasteiger partial charge in [-0.25, -0.2) is 14.2 Å². The van der Waals surface area contributed by atoms with Gasteiger partial charge in [-0.05, 0) is 55.0 Å². The number of fused-ring (bicyclic) bond motifs is 1. The molecule has 0 N–H and O–H groups in total. The molecule has 2 fully saturated rings. The van der Waals surface area contributed by atoms with E-state index in [1.807, 2.05) is 26.2 Å². The molecule has 1 saturated heterocycles. The second kappa shape index (κ2) is 8.88. The number of imidazole rings is 1. The second-order valence-corrected chi connectivity index (χ2v) is 9.20. The van der Waals surface area contributed by atoms with Crippen molar-refractivity contribution in [2.45, 2.75) is 57.5 Å². The Morgan fingerprint density at radius 2 is 1.84 bits per heavy atom. The van der Waals surface area contributed by atoms with Gasteiger partial charge in [-0.2, -0.15) is 0 Å². The molecule has 1 saturated carbocycles. The third kappa shape index (κ3) is 4.08. The Hall–Kier alpha value is -2.96. The summed E-state index contributed by atoms with van der Waals surface area (Å²) in [5.74, 6) is 0.239. The molecule has 1 aliphatic carbocycles. The molecule has 32 heavy (non-hydrogen) atoms. The predicted octanol–water partition coefficient (Wildman–Crippen LogP) is 3.93. The highest BCUT2D eigenvalue weighted by Crippen LogP contribution is 2.28. The zero-order valence-electron chi connectivity index (χ0n) is 18.3. The van der Waals surface area contributed by atoms with Crippen LogP contribution in [0.2, 0.25) is 0 Å². The molecule has 3 aromatic rings. The largest absolute Gasteiger partial charge is 0.340 e. The van der Waals surface area contributed by atoms with Crippen molar-refractivity contribution in [3.05, 3.63) is 64.5 Å². The number of pyridine rings is 1. The molecule has 1 aromatic carbocycles. The summed E-state index contributed by atoms with van der Waals surface area (Å²) in [6.07, 6.45) is 8.82. The van der Waals surface area contributed by atoms with E-state index >= 15 is 0 Å². The first-order valence-electron chi connectivity index (χ1n) is 11.7. The predicted molar refractivity (Wildman–Crippen MR) is 121 cm³/mol. The first-order chi connectivity index (χ1) is 15.6. The smallest absolute Gasteiger partial charge is 0.330 e. The molecular formula is C25H29FN4O2. The van der Waals surface area contributed by atoms with Crippen molar-refractivity contribution >= 4 is 17.1 Å². The van der Waals surface area contributed by atoms with Crippen LogP contribution in [0.1, 0.15) is 50.1 Å². The summed E-state index contributed by atoms with van der Waals surface area (Å²) >= 11 is 0. The second-order valence-electron chi connectivity index (χ2n) is 9.20. The number of hydrogen-bond acceptors (Lipinski definition) is 3. The van der Waals surface area contributed by atoms with Crippen LogP contribution < -0.4 is 5.69 Å². The zero-order chi connectivity index (χ0) is 22.1. The number of nitrogens with zero attached hydrogens (tertiary/aromatic N) is 4. The molecule has 168 valence electrons. The molecule has 1 aliphatic heterocycles. The van der Waals surface area contributed by atoms with Gasteiger partial charge < -0.3 is 4.90 Å². The van der Waals surface area contributed by atoms with Gasteiger partial charge in [0.05, 0.1) is 18.0 Å². The van der Waals surface area contributed by atoms with Gasteiger partial charge in [-0.3, -0.25) is 13.9 Å². The fourth-order valence-corrected chi connectivity index (χ4v) is 5.31. The summed E-state index contributed by atoms with van der Waals surface area (Å²) in [4.78, 5) is 32.7. The molecule has 2 aliphatic rings. The van der Waals surface area contributed by atoms with E-state index in [0.717, 1.165) is 24.0 Å². The lowest BCUT2D eigenvalue weighted by atomic mass is 9.89. The Balaban J connectivity index is 1.36. The monoisotopic (exact) mass is 436 g/mol. The lowest BCUT2D eigenvalue weighted by Gasteiger charge is -2.21. The van der Waals surface area contributed by atoms with Gasteiger partial charge in [0.2, 0.25) is 5.91 Å². The van der Waals surface area contributed by atoms with E-state index in [0.29, 0.717) is 24.7 Å². The lowest BCUT2D eigenvalue weighted by molar-refractivity contribution is -0.129. The highest BCUT2D eigenvalue weighted by atomic mass is 19.1. The number of halogens is 1. The summed E-state index contributed by atoms with van der Waals surface area (Å²) in [6.45, 7) is 1.85. The molecule has 0 unspecified atom stereocenters. The Morgan fingerprint density at radius 1 is 1.06 bits per heavy atom. The highest BCUT2D eigenvalue weighted by Gasteiger charge is 2.31. The topological polar surface area (TPSA) is 60.1 Å². The number of carbonyl (C=O) groups is 1. The van der Waals surface area contributed by atoms with Crippen molar-refractivity contribution in [1.29, 1.82) is 0 Å². The zero-order valence-corrected chi connectivity index (χ0v) is 18.3. The molecule has 2 aromatic heterocycles. The van der Waals surface area contributed by atoms with Gasteiger partial charge in [0.1, 0.15) is 5.82 Å². The number of benzene rings is 1. The third-order valence-electron chi connectivity index (χ3n) is 7.04. The van der Waals surface area contributed by atoms with Gasteiger partial charge in [-0.1, -0.05) is 31.4 Å². The van der Waals surface area contributed by atoms with Crippen molar-refractivity contribution in [3.63, 3.8) is 0 Å². The maximum Gasteiger partial charge on any atom is 0.330 e. The van der Waals surface area contributed by atoms with Crippen LogP contribution in [0.5, 0.6) is 0 Å². The van der Waals surface area contributed by atoms with Crippen LogP contribution in [0.3, 0.4) is 0 Å². The minimum absolute atomic E-state index is 0.00561. The van der Waals surface area contributed by atoms with Crippen molar-refractivity contribution in [2.24, 2.45) is 5.92 Å². The Labute approximate surface area is 186 Å². The molecule has 5 rings (SSSR count). The van der Waals surface area contributed by atoms with Crippen LogP contribution in [-0.2, 0) is 17.8 Å². The molecule has 6 nitrogen and oxygen atoms in total. The van der Waals surface area contributed by atoms with Crippen LogP contribution >= 0.6 is 0 Å². The highest BCUT2D eigenvalue weighted by molar-refractivity contribution is 5.79. The van der Waals surface area contributed by atoms with Gasteiger partial charge in [0.25, 0.3) is 0 Å². The minimum atomic E-state index is -0.307. The number of rotatable bonds is 5. The normalized spacial score (nSPS) is 19.7. The van der Waals surface area contributed by atoms with Gasteiger partial charge >= 0.3 is 5.69 Å². The maximum absolute atomic E-state index is 13.5. The molecular weight excluding hydrogens is 407 g/mol. The van der Waals surface area contributed by atoms with Crippen LogP contribution in [0, 0.1) is 11.7 Å². The van der Waals surface area contributed by atoms with E-state index in [2.05, 4.69) is 4.98 Å². The quantitative estimate of drug-likeness (QED) is 0.609. The fourth-order valence-electron chi connectivity index (χ4n) is 5.31. The summed E-state index contributed by atoms with van der Waals surface area (Å²) < 4.78 is 16.9. The van der Waals surface area contributed by atoms with Crippen LogP contribution in [0.25, 0.3) is 11.2 Å². The molecule has 7 heteroatoms. The van der Waals surface area contributed by atoms with Gasteiger partial charge in [0.15, 0.2) is 5.65 Å². The molecule has 1 amide bonds. The molecule has 0 spiro atoms. The minimum Gasteiger partial charge on any atom is -0.340 e. The van der Waals surface area contributed by atoms with E-state index in [1.54, 1.807) is 18.3 Å². The Kier molecular flexibility index (Phi) is 5.81. The number of amides is 1. The van der Waals surface area contributed by atoms with Crippen molar-refractivity contribution in [3.8, 4) is 0 Å². The number of carbonyl (C=O) groups excluding carboxylic acids is 1. The van der Waals surface area contributed by atoms with E-state index in [-0.39, 0.29) is 29.9 Å². The number of likely N-dealkylation sites (tertiary alicyclic amines) is 1. The standard InChI is InChI=1S/C25H29FN4O2/c26-20-10-8-18(9-11-20)15-23(31)28-14-12-21(17-28)30-24-22(7-4-13-27-24)29(25(30)32)16-19-5-2-1-3-6-19/h4,7-11,13,19,21H,1-3,5-6,12,14-17H2/t21-/m1/s1. The number of aromatic nitrogens is 3. The maximum atomic E-state index is 13.5. The van der Waals surface area contributed by atoms with Crippen LogP contribution in [-0.4, -0.2) is 38.0 Å². The van der Waals surface area contributed by atoms with Gasteiger partial charge in [-0.15, -0.1) is 0 Å². The van der Waals surface area contributed by atoms with E-state index in [1.165, 1.54) is 44.2 Å². The number of hydrogen-bond donors (Lipinski definition) is 0.